The van der Waals surface area contributed by atoms with E-state index in [-0.39, 0.29) is 5.54 Å². The van der Waals surface area contributed by atoms with Crippen molar-refractivity contribution < 1.29 is 0 Å². The number of rotatable bonds is 3. The number of hydrogen-bond acceptors (Lipinski definition) is 2. The van der Waals surface area contributed by atoms with Gasteiger partial charge in [0.2, 0.25) is 0 Å². The van der Waals surface area contributed by atoms with E-state index in [9.17, 15) is 0 Å². The van der Waals surface area contributed by atoms with Crippen molar-refractivity contribution in [3.05, 3.63) is 0 Å². The molecule has 0 spiro atoms. The lowest BCUT2D eigenvalue weighted by atomic mass is 9.88. The molecule has 3 N–H and O–H groups in total. The van der Waals surface area contributed by atoms with Crippen molar-refractivity contribution in [1.82, 2.24) is 5.32 Å². The molecule has 1 aliphatic carbocycles. The minimum Gasteiger partial charge on any atom is -0.329 e. The molecule has 0 aliphatic heterocycles. The van der Waals surface area contributed by atoms with E-state index in [1.807, 2.05) is 6.92 Å². The van der Waals surface area contributed by atoms with Crippen LogP contribution in [0, 0.1) is 17.8 Å². The predicted octanol–water partition coefficient (Wildman–Crippen LogP) is 1.12. The zero-order valence-corrected chi connectivity index (χ0v) is 8.69. The van der Waals surface area contributed by atoms with Gasteiger partial charge in [0.25, 0.3) is 0 Å². The van der Waals surface area contributed by atoms with Crippen molar-refractivity contribution in [2.24, 2.45) is 11.7 Å². The van der Waals surface area contributed by atoms with Crippen LogP contribution in [0.4, 0.5) is 0 Å². The smallest absolute Gasteiger partial charge is 0.0581 e. The third kappa shape index (κ3) is 2.24. The molecule has 2 unspecified atom stereocenters. The number of hydrogen-bond donors (Lipinski definition) is 2. The Morgan fingerprint density at radius 2 is 2.38 bits per heavy atom. The summed E-state index contributed by atoms with van der Waals surface area (Å²) in [6.45, 7) is 5.67. The largest absolute Gasteiger partial charge is 0.329 e. The molecular weight excluding hydrogens is 160 g/mol. The van der Waals surface area contributed by atoms with E-state index in [4.69, 9.17) is 5.73 Å². The number of nitrogens with one attached hydrogen (secondary N) is 1. The average molecular weight is 180 g/mol. The Balaban J connectivity index is 2.52. The van der Waals surface area contributed by atoms with Gasteiger partial charge in [-0.1, -0.05) is 19.3 Å². The van der Waals surface area contributed by atoms with Crippen LogP contribution < -0.4 is 11.1 Å². The SMILES string of the molecule is CC#CCNC1(CN)CCCC1C. The van der Waals surface area contributed by atoms with Crippen molar-refractivity contribution in [3.8, 4) is 11.8 Å². The maximum atomic E-state index is 5.83. The third-order valence-electron chi connectivity index (χ3n) is 3.27. The highest BCUT2D eigenvalue weighted by Gasteiger charge is 2.38. The van der Waals surface area contributed by atoms with Crippen molar-refractivity contribution >= 4 is 0 Å². The fraction of sp³-hybridized carbons (Fsp3) is 0.818. The first kappa shape index (κ1) is 10.6. The lowest BCUT2D eigenvalue weighted by Crippen LogP contribution is -2.53. The summed E-state index contributed by atoms with van der Waals surface area (Å²) >= 11 is 0. The van der Waals surface area contributed by atoms with Crippen LogP contribution >= 0.6 is 0 Å². The van der Waals surface area contributed by atoms with Gasteiger partial charge in [0.05, 0.1) is 6.54 Å². The third-order valence-corrected chi connectivity index (χ3v) is 3.27. The molecule has 13 heavy (non-hydrogen) atoms. The lowest BCUT2D eigenvalue weighted by molar-refractivity contribution is 0.278. The summed E-state index contributed by atoms with van der Waals surface area (Å²) in [6, 6.07) is 0. The summed E-state index contributed by atoms with van der Waals surface area (Å²) in [7, 11) is 0. The first-order valence-corrected chi connectivity index (χ1v) is 5.10. The summed E-state index contributed by atoms with van der Waals surface area (Å²) in [5.74, 6) is 6.62. The molecule has 2 atom stereocenters. The molecule has 0 saturated heterocycles. The molecule has 1 rings (SSSR count). The molecule has 0 aromatic rings. The second-order valence-electron chi connectivity index (χ2n) is 3.93. The molecule has 1 fully saturated rings. The predicted molar refractivity (Wildman–Crippen MR) is 56.3 cm³/mol. The fourth-order valence-electron chi connectivity index (χ4n) is 2.19. The molecule has 0 heterocycles. The molecule has 0 amide bonds. The molecule has 74 valence electrons. The molecule has 0 bridgehead atoms. The zero-order valence-electron chi connectivity index (χ0n) is 8.69. The Morgan fingerprint density at radius 3 is 2.85 bits per heavy atom. The summed E-state index contributed by atoms with van der Waals surface area (Å²) in [5, 5.41) is 3.50. The Bertz CT molecular complexity index is 214. The average Bonchev–Trinajstić information content (AvgIpc) is 2.49. The molecule has 2 heteroatoms. The molecule has 0 aromatic carbocycles. The first-order chi connectivity index (χ1) is 6.25. The van der Waals surface area contributed by atoms with Crippen LogP contribution in [0.15, 0.2) is 0 Å². The van der Waals surface area contributed by atoms with Gasteiger partial charge in [-0.2, -0.15) is 0 Å². The quantitative estimate of drug-likeness (QED) is 0.639. The molecule has 0 radical (unpaired) electrons. The van der Waals surface area contributed by atoms with E-state index >= 15 is 0 Å². The van der Waals surface area contributed by atoms with Gasteiger partial charge in [-0.3, -0.25) is 5.32 Å². The van der Waals surface area contributed by atoms with Gasteiger partial charge in [0.15, 0.2) is 0 Å². The van der Waals surface area contributed by atoms with Gasteiger partial charge >= 0.3 is 0 Å². The zero-order chi connectivity index (χ0) is 9.73. The van der Waals surface area contributed by atoms with Crippen LogP contribution in [0.1, 0.15) is 33.1 Å². The van der Waals surface area contributed by atoms with Crippen molar-refractivity contribution in [2.75, 3.05) is 13.1 Å². The normalized spacial score (nSPS) is 32.7. The van der Waals surface area contributed by atoms with Crippen LogP contribution in [-0.2, 0) is 0 Å². The fourth-order valence-corrected chi connectivity index (χ4v) is 2.19. The topological polar surface area (TPSA) is 38.0 Å². The van der Waals surface area contributed by atoms with Crippen LogP contribution in [0.5, 0.6) is 0 Å². The number of nitrogens with two attached hydrogens (primary N) is 1. The standard InChI is InChI=1S/C11H20N2/c1-3-4-8-13-11(9-12)7-5-6-10(11)2/h10,13H,5-9,12H2,1-2H3. The maximum Gasteiger partial charge on any atom is 0.0581 e. The van der Waals surface area contributed by atoms with Crippen LogP contribution in [0.25, 0.3) is 0 Å². The highest BCUT2D eigenvalue weighted by Crippen LogP contribution is 2.34. The lowest BCUT2D eigenvalue weighted by Gasteiger charge is -2.33. The molecular formula is C11H20N2. The van der Waals surface area contributed by atoms with E-state index < -0.39 is 0 Å². The molecule has 1 aliphatic rings. The monoisotopic (exact) mass is 180 g/mol. The van der Waals surface area contributed by atoms with Gasteiger partial charge in [-0.15, -0.1) is 5.92 Å². The van der Waals surface area contributed by atoms with Crippen LogP contribution in [0.2, 0.25) is 0 Å². The minimum atomic E-state index is 0.170. The Morgan fingerprint density at radius 1 is 1.62 bits per heavy atom. The molecule has 0 aromatic heterocycles. The first-order valence-electron chi connectivity index (χ1n) is 5.10. The van der Waals surface area contributed by atoms with Crippen LogP contribution in [0.3, 0.4) is 0 Å². The molecule has 1 saturated carbocycles. The highest BCUT2D eigenvalue weighted by molar-refractivity contribution is 5.04. The van der Waals surface area contributed by atoms with E-state index in [0.29, 0.717) is 5.92 Å². The summed E-state index contributed by atoms with van der Waals surface area (Å²) in [5.41, 5.74) is 6.00. The minimum absolute atomic E-state index is 0.170. The van der Waals surface area contributed by atoms with Crippen molar-refractivity contribution in [3.63, 3.8) is 0 Å². The van der Waals surface area contributed by atoms with E-state index in [1.165, 1.54) is 19.3 Å². The van der Waals surface area contributed by atoms with Crippen molar-refractivity contribution in [1.29, 1.82) is 0 Å². The maximum absolute atomic E-state index is 5.83. The molecule has 2 nitrogen and oxygen atoms in total. The Labute approximate surface area is 81.3 Å². The van der Waals surface area contributed by atoms with E-state index in [1.54, 1.807) is 0 Å². The van der Waals surface area contributed by atoms with Crippen LogP contribution in [-0.4, -0.2) is 18.6 Å². The Hall–Kier alpha value is -0.520. The highest BCUT2D eigenvalue weighted by atomic mass is 15.0. The summed E-state index contributed by atoms with van der Waals surface area (Å²) in [4.78, 5) is 0. The van der Waals surface area contributed by atoms with E-state index in [2.05, 4.69) is 24.1 Å². The summed E-state index contributed by atoms with van der Waals surface area (Å²) < 4.78 is 0. The van der Waals surface area contributed by atoms with E-state index in [0.717, 1.165) is 13.1 Å². The second kappa shape index (κ2) is 4.64. The summed E-state index contributed by atoms with van der Waals surface area (Å²) in [6.07, 6.45) is 3.80. The van der Waals surface area contributed by atoms with Gasteiger partial charge in [-0.25, -0.2) is 0 Å². The van der Waals surface area contributed by atoms with Gasteiger partial charge in [-0.05, 0) is 25.7 Å². The van der Waals surface area contributed by atoms with Gasteiger partial charge in [0.1, 0.15) is 0 Å². The van der Waals surface area contributed by atoms with Gasteiger partial charge in [0, 0.05) is 12.1 Å². The van der Waals surface area contributed by atoms with Gasteiger partial charge < -0.3 is 5.73 Å². The second-order valence-corrected chi connectivity index (χ2v) is 3.93. The Kier molecular flexibility index (Phi) is 3.77. The van der Waals surface area contributed by atoms with Crippen molar-refractivity contribution in [2.45, 2.75) is 38.6 Å².